The number of nitrogens with one attached hydrogen (secondary N) is 1. The number of carbonyl (C=O) groups excluding carboxylic acids is 1. The third-order valence-electron chi connectivity index (χ3n) is 4.60. The highest BCUT2D eigenvalue weighted by Gasteiger charge is 2.31. The number of nitrogens with zero attached hydrogens (tertiary/aromatic N) is 3. The first-order valence-electron chi connectivity index (χ1n) is 8.45. The van der Waals surface area contributed by atoms with E-state index in [0.717, 1.165) is 28.8 Å². The number of hydrogen-bond donors (Lipinski definition) is 1. The van der Waals surface area contributed by atoms with Gasteiger partial charge in [0, 0.05) is 24.6 Å². The van der Waals surface area contributed by atoms with Gasteiger partial charge in [-0.1, -0.05) is 18.2 Å². The fourth-order valence-corrected chi connectivity index (χ4v) is 3.40. The summed E-state index contributed by atoms with van der Waals surface area (Å²) in [6, 6.07) is 11.7. The number of carbonyl (C=O) groups is 1. The normalized spacial score (nSPS) is 20.0. The molecule has 0 radical (unpaired) electrons. The number of ether oxygens (including phenoxy) is 1. The van der Waals surface area contributed by atoms with E-state index >= 15 is 0 Å². The summed E-state index contributed by atoms with van der Waals surface area (Å²) in [6.45, 7) is 2.81. The molecule has 6 heteroatoms. The van der Waals surface area contributed by atoms with E-state index in [1.165, 1.54) is 0 Å². The number of para-hydroxylation sites is 2. The number of benzene rings is 1. The molecule has 1 aliphatic heterocycles. The van der Waals surface area contributed by atoms with Gasteiger partial charge in [0.1, 0.15) is 18.5 Å². The summed E-state index contributed by atoms with van der Waals surface area (Å²) < 4.78 is 7.75. The number of amides is 1. The molecule has 128 valence electrons. The molecule has 1 saturated heterocycles. The molecule has 1 amide bonds. The Morgan fingerprint density at radius 2 is 2.20 bits per heavy atom. The van der Waals surface area contributed by atoms with Gasteiger partial charge in [-0.15, -0.1) is 0 Å². The first-order valence-corrected chi connectivity index (χ1v) is 8.45. The Kier molecular flexibility index (Phi) is 4.19. The lowest BCUT2D eigenvalue weighted by Gasteiger charge is -2.20. The van der Waals surface area contributed by atoms with Crippen molar-refractivity contribution in [3.63, 3.8) is 0 Å². The van der Waals surface area contributed by atoms with Crippen LogP contribution in [0.15, 0.2) is 48.8 Å². The van der Waals surface area contributed by atoms with E-state index in [4.69, 9.17) is 4.74 Å². The number of fused-ring (bicyclic) bond motifs is 1. The standard InChI is InChI=1S/C19H20N4O2/c1-13-21-15-6-2-3-7-17(15)23(13)12-18(24)22-16-8-10-25-19(16)14-5-4-9-20-11-14/h2-7,9,11,16,19H,8,10,12H2,1H3,(H,22,24)/t16-,19+/m0/s1. The average molecular weight is 336 g/mol. The highest BCUT2D eigenvalue weighted by molar-refractivity contribution is 5.81. The van der Waals surface area contributed by atoms with Gasteiger partial charge in [-0.2, -0.15) is 0 Å². The van der Waals surface area contributed by atoms with Crippen LogP contribution in [0.25, 0.3) is 11.0 Å². The maximum atomic E-state index is 12.6. The molecule has 4 rings (SSSR count). The molecule has 0 unspecified atom stereocenters. The van der Waals surface area contributed by atoms with Crippen molar-refractivity contribution in [2.24, 2.45) is 0 Å². The van der Waals surface area contributed by atoms with Crippen molar-refractivity contribution >= 4 is 16.9 Å². The monoisotopic (exact) mass is 336 g/mol. The molecule has 0 spiro atoms. The Balaban J connectivity index is 1.49. The topological polar surface area (TPSA) is 69.0 Å². The largest absolute Gasteiger partial charge is 0.371 e. The van der Waals surface area contributed by atoms with Gasteiger partial charge >= 0.3 is 0 Å². The van der Waals surface area contributed by atoms with E-state index in [1.807, 2.05) is 47.9 Å². The van der Waals surface area contributed by atoms with Crippen LogP contribution in [0.5, 0.6) is 0 Å². The number of aromatic nitrogens is 3. The fraction of sp³-hybridized carbons (Fsp3) is 0.316. The van der Waals surface area contributed by atoms with Crippen LogP contribution in [0.1, 0.15) is 23.9 Å². The molecule has 2 atom stereocenters. The predicted molar refractivity (Wildman–Crippen MR) is 93.9 cm³/mol. The van der Waals surface area contributed by atoms with Crippen LogP contribution in [0, 0.1) is 6.92 Å². The third-order valence-corrected chi connectivity index (χ3v) is 4.60. The summed E-state index contributed by atoms with van der Waals surface area (Å²) in [6.07, 6.45) is 4.19. The smallest absolute Gasteiger partial charge is 0.240 e. The molecule has 3 heterocycles. The molecule has 1 aliphatic rings. The molecule has 25 heavy (non-hydrogen) atoms. The predicted octanol–water partition coefficient (Wildman–Crippen LogP) is 2.39. The average Bonchev–Trinajstić information content (AvgIpc) is 3.20. The number of imidazole rings is 1. The SMILES string of the molecule is Cc1nc2ccccc2n1CC(=O)N[C@H]1CCO[C@@H]1c1cccnc1. The van der Waals surface area contributed by atoms with Crippen molar-refractivity contribution in [3.8, 4) is 0 Å². The molecule has 1 aromatic carbocycles. The Hall–Kier alpha value is -2.73. The second-order valence-corrected chi connectivity index (χ2v) is 6.27. The van der Waals surface area contributed by atoms with Gasteiger partial charge < -0.3 is 14.6 Å². The zero-order valence-corrected chi connectivity index (χ0v) is 14.1. The molecule has 0 aliphatic carbocycles. The first kappa shape index (κ1) is 15.8. The van der Waals surface area contributed by atoms with E-state index in [2.05, 4.69) is 15.3 Å². The lowest BCUT2D eigenvalue weighted by Crippen LogP contribution is -2.38. The minimum Gasteiger partial charge on any atom is -0.371 e. The first-order chi connectivity index (χ1) is 12.2. The van der Waals surface area contributed by atoms with E-state index < -0.39 is 0 Å². The van der Waals surface area contributed by atoms with Crippen molar-refractivity contribution in [1.82, 2.24) is 19.9 Å². The van der Waals surface area contributed by atoms with Gasteiger partial charge in [0.05, 0.1) is 17.1 Å². The van der Waals surface area contributed by atoms with Gasteiger partial charge in [0.25, 0.3) is 0 Å². The molecular formula is C19H20N4O2. The summed E-state index contributed by atoms with van der Waals surface area (Å²) in [5.74, 6) is 0.804. The van der Waals surface area contributed by atoms with Crippen LogP contribution in [-0.2, 0) is 16.1 Å². The van der Waals surface area contributed by atoms with Crippen LogP contribution in [0.2, 0.25) is 0 Å². The van der Waals surface area contributed by atoms with E-state index in [0.29, 0.717) is 6.61 Å². The summed E-state index contributed by atoms with van der Waals surface area (Å²) in [5.41, 5.74) is 2.88. The summed E-state index contributed by atoms with van der Waals surface area (Å²) in [4.78, 5) is 21.3. The third kappa shape index (κ3) is 3.13. The highest BCUT2D eigenvalue weighted by Crippen LogP contribution is 2.28. The summed E-state index contributed by atoms with van der Waals surface area (Å²) >= 11 is 0. The number of rotatable bonds is 4. The van der Waals surface area contributed by atoms with E-state index in [9.17, 15) is 4.79 Å². The van der Waals surface area contributed by atoms with Crippen LogP contribution in [0.4, 0.5) is 0 Å². The van der Waals surface area contributed by atoms with Crippen molar-refractivity contribution in [1.29, 1.82) is 0 Å². The Labute approximate surface area is 145 Å². The van der Waals surface area contributed by atoms with Gasteiger partial charge in [0.15, 0.2) is 0 Å². The van der Waals surface area contributed by atoms with Crippen LogP contribution >= 0.6 is 0 Å². The van der Waals surface area contributed by atoms with Gasteiger partial charge in [-0.3, -0.25) is 9.78 Å². The second-order valence-electron chi connectivity index (χ2n) is 6.27. The van der Waals surface area contributed by atoms with Crippen LogP contribution < -0.4 is 5.32 Å². The van der Waals surface area contributed by atoms with Gasteiger partial charge in [0.2, 0.25) is 5.91 Å². The molecule has 6 nitrogen and oxygen atoms in total. The van der Waals surface area contributed by atoms with Crippen molar-refractivity contribution in [3.05, 3.63) is 60.2 Å². The minimum absolute atomic E-state index is 0.0318. The second kappa shape index (κ2) is 6.64. The molecule has 1 N–H and O–H groups in total. The van der Waals surface area contributed by atoms with Crippen molar-refractivity contribution < 1.29 is 9.53 Å². The Bertz CT molecular complexity index is 891. The molecule has 1 fully saturated rings. The van der Waals surface area contributed by atoms with E-state index in [-0.39, 0.29) is 24.6 Å². The summed E-state index contributed by atoms with van der Waals surface area (Å²) in [5, 5.41) is 3.12. The molecular weight excluding hydrogens is 316 g/mol. The zero-order chi connectivity index (χ0) is 17.2. The quantitative estimate of drug-likeness (QED) is 0.794. The summed E-state index contributed by atoms with van der Waals surface area (Å²) in [7, 11) is 0. The highest BCUT2D eigenvalue weighted by atomic mass is 16.5. The lowest BCUT2D eigenvalue weighted by atomic mass is 10.0. The molecule has 2 aromatic heterocycles. The lowest BCUT2D eigenvalue weighted by molar-refractivity contribution is -0.122. The number of hydrogen-bond acceptors (Lipinski definition) is 4. The molecule has 0 bridgehead atoms. The Morgan fingerprint density at radius 3 is 3.04 bits per heavy atom. The maximum Gasteiger partial charge on any atom is 0.240 e. The van der Waals surface area contributed by atoms with Crippen molar-refractivity contribution in [2.75, 3.05) is 6.61 Å². The van der Waals surface area contributed by atoms with Crippen LogP contribution in [0.3, 0.4) is 0 Å². The van der Waals surface area contributed by atoms with Gasteiger partial charge in [-0.25, -0.2) is 4.98 Å². The fourth-order valence-electron chi connectivity index (χ4n) is 3.40. The zero-order valence-electron chi connectivity index (χ0n) is 14.1. The molecule has 3 aromatic rings. The maximum absolute atomic E-state index is 12.6. The Morgan fingerprint density at radius 1 is 1.32 bits per heavy atom. The number of pyridine rings is 1. The minimum atomic E-state index is -0.140. The van der Waals surface area contributed by atoms with Crippen LogP contribution in [-0.4, -0.2) is 33.1 Å². The molecule has 0 saturated carbocycles. The number of aryl methyl sites for hydroxylation is 1. The van der Waals surface area contributed by atoms with E-state index in [1.54, 1.807) is 12.4 Å². The van der Waals surface area contributed by atoms with Gasteiger partial charge in [-0.05, 0) is 31.5 Å². The van der Waals surface area contributed by atoms with Crippen molar-refractivity contribution in [2.45, 2.75) is 32.0 Å².